The van der Waals surface area contributed by atoms with Gasteiger partial charge in [0, 0.05) is 115 Å². The second-order valence-corrected chi connectivity index (χ2v) is 28.4. The van der Waals surface area contributed by atoms with E-state index in [2.05, 4.69) is 34.2 Å². The summed E-state index contributed by atoms with van der Waals surface area (Å²) in [4.78, 5) is 105. The first-order chi connectivity index (χ1) is 54.0. The number of non-ortho nitro benzene ring substituents is 3. The number of pyridine rings is 3. The highest BCUT2D eigenvalue weighted by atomic mass is 32.2. The molecule has 3 heterocycles. The van der Waals surface area contributed by atoms with E-state index in [1.807, 2.05) is 72.8 Å². The van der Waals surface area contributed by atoms with Crippen molar-refractivity contribution in [2.24, 2.45) is 0 Å². The number of nitro benzene ring substituents is 3. The van der Waals surface area contributed by atoms with Crippen LogP contribution < -0.4 is 30.2 Å². The first kappa shape index (κ1) is 84.9. The number of rotatable bonds is 23. The Morgan fingerprint density at radius 3 is 0.884 bits per heavy atom. The van der Waals surface area contributed by atoms with Gasteiger partial charge in [-0.3, -0.25) is 54.3 Å². The van der Waals surface area contributed by atoms with Crippen molar-refractivity contribution in [1.29, 1.82) is 15.8 Å². The molecule has 0 fully saturated rings. The van der Waals surface area contributed by atoms with Gasteiger partial charge in [-0.15, -0.1) is 0 Å². The normalized spacial score (nSPS) is 11.9. The Bertz CT molecular complexity index is 4560. The lowest BCUT2D eigenvalue weighted by molar-refractivity contribution is -0.385. The van der Waals surface area contributed by atoms with Gasteiger partial charge in [0.2, 0.25) is 30.5 Å². The number of nitrogens with one attached hydrogen (secondary N) is 3. The molecule has 3 N–H and O–H groups in total. The SMILES string of the molecule is CN(C)C=O.CN(C)C=O.COc1ccc(-c2c(C#N)c(SCC(=O)Nc3cccc([N+](=O)[O-])c3)nc3c2CCCC3)cc1.COc1ccc(-c2c(C#N)c(SCC(=O)Nc3cccc([N+](=O)[O-])c3)nc3c2CCCC3)cc1.COc1ccc(-c2c(C#N)c(SCC(=O)Nc3cccc([N+](=O)[O-])c3)nc3c2CCCC3)cc1. The van der Waals surface area contributed by atoms with Crippen LogP contribution >= 0.6 is 35.3 Å². The summed E-state index contributed by atoms with van der Waals surface area (Å²) in [5.41, 5.74) is 13.7. The van der Waals surface area contributed by atoms with E-state index in [4.69, 9.17) is 29.2 Å². The number of fused-ring (bicyclic) bond motifs is 3. The van der Waals surface area contributed by atoms with Gasteiger partial charge in [0.15, 0.2) is 0 Å². The highest BCUT2D eigenvalue weighted by Crippen LogP contribution is 2.42. The summed E-state index contributed by atoms with van der Waals surface area (Å²) in [6.07, 6.45) is 12.8. The third-order valence-corrected chi connectivity index (χ3v) is 20.2. The number of benzene rings is 6. The zero-order valence-electron chi connectivity index (χ0n) is 62.5. The summed E-state index contributed by atoms with van der Waals surface area (Å²) >= 11 is 3.58. The molecule has 9 aromatic rings. The maximum atomic E-state index is 12.6. The zero-order valence-corrected chi connectivity index (χ0v) is 64.9. The Hall–Kier alpha value is -12.8. The maximum Gasteiger partial charge on any atom is 0.271 e. The number of anilines is 3. The summed E-state index contributed by atoms with van der Waals surface area (Å²) in [6.45, 7) is 0. The fraction of sp³-hybridized carbons (Fsp3) is 0.272. The molecule has 3 aliphatic rings. The molecule has 0 atom stereocenters. The van der Waals surface area contributed by atoms with Crippen LogP contribution in [0.2, 0.25) is 0 Å². The molecule has 3 aromatic heterocycles. The summed E-state index contributed by atoms with van der Waals surface area (Å²) in [6, 6.07) is 47.1. The smallest absolute Gasteiger partial charge is 0.271 e. The van der Waals surface area contributed by atoms with E-state index >= 15 is 0 Å². The number of aromatic nitrogens is 3. The van der Waals surface area contributed by atoms with Crippen molar-refractivity contribution < 1.29 is 53.0 Å². The largest absolute Gasteiger partial charge is 0.497 e. The monoisotopic (exact) mass is 1570 g/mol. The van der Waals surface area contributed by atoms with Crippen molar-refractivity contribution in [3.8, 4) is 68.8 Å². The minimum atomic E-state index is -0.513. The number of ether oxygens (including phenoxy) is 3. The molecule has 31 heteroatoms. The highest BCUT2D eigenvalue weighted by molar-refractivity contribution is 8.00. The summed E-state index contributed by atoms with van der Waals surface area (Å²) < 4.78 is 15.8. The standard InChI is InChI=1S/3C25H22N4O4S.2C3H7NO/c3*1-33-19-11-9-16(10-12-19)24-20-7-2-3-8-22(20)28-25(21(24)14-26)34-15-23(30)27-17-5-4-6-18(13-17)29(31)32;2*1-4(2)3-5/h3*4-6,9-13H,2-3,7-8,15H2,1H3,(H,27,30);2*3H,1-2H3. The van der Waals surface area contributed by atoms with E-state index in [-0.39, 0.29) is 52.0 Å². The lowest BCUT2D eigenvalue weighted by Gasteiger charge is -2.22. The summed E-state index contributed by atoms with van der Waals surface area (Å²) in [5, 5.41) is 72.6. The van der Waals surface area contributed by atoms with Crippen molar-refractivity contribution in [2.75, 3.05) is 82.7 Å². The van der Waals surface area contributed by atoms with E-state index in [9.17, 15) is 70.1 Å². The number of nitriles is 3. The van der Waals surface area contributed by atoms with Gasteiger partial charge in [0.1, 0.15) is 50.5 Å². The van der Waals surface area contributed by atoms with Crippen LogP contribution in [0.3, 0.4) is 0 Å². The van der Waals surface area contributed by atoms with Crippen LogP contribution in [-0.2, 0) is 62.5 Å². The lowest BCUT2D eigenvalue weighted by atomic mass is 9.87. The molecule has 0 saturated heterocycles. The number of amides is 5. The fourth-order valence-electron chi connectivity index (χ4n) is 12.1. The number of hydrogen-bond donors (Lipinski definition) is 3. The molecule has 112 heavy (non-hydrogen) atoms. The van der Waals surface area contributed by atoms with Gasteiger partial charge < -0.3 is 40.0 Å². The van der Waals surface area contributed by atoms with Crippen molar-refractivity contribution >= 4 is 100.0 Å². The Balaban J connectivity index is 0.000000198. The van der Waals surface area contributed by atoms with E-state index in [1.54, 1.807) is 67.7 Å². The number of nitro groups is 3. The van der Waals surface area contributed by atoms with Crippen LogP contribution in [0.25, 0.3) is 33.4 Å². The van der Waals surface area contributed by atoms with E-state index in [0.717, 1.165) is 174 Å². The molecular formula is C81H80N14O14S3. The highest BCUT2D eigenvalue weighted by Gasteiger charge is 2.28. The molecule has 0 radical (unpaired) electrons. The Morgan fingerprint density at radius 1 is 0.429 bits per heavy atom. The molecule has 0 saturated carbocycles. The molecule has 0 bridgehead atoms. The molecule has 3 aliphatic carbocycles. The molecule has 28 nitrogen and oxygen atoms in total. The topological polar surface area (TPSA) is 395 Å². The van der Waals surface area contributed by atoms with E-state index in [0.29, 0.717) is 48.8 Å². The van der Waals surface area contributed by atoms with Crippen molar-refractivity contribution in [1.82, 2.24) is 24.8 Å². The minimum absolute atomic E-state index is 0.0191. The summed E-state index contributed by atoms with van der Waals surface area (Å²) in [5.74, 6) is 1.26. The third-order valence-electron chi connectivity index (χ3n) is 17.3. The lowest BCUT2D eigenvalue weighted by Crippen LogP contribution is -2.15. The summed E-state index contributed by atoms with van der Waals surface area (Å²) in [7, 11) is 11.6. The van der Waals surface area contributed by atoms with Gasteiger partial charge in [0.05, 0.1) is 70.0 Å². The molecule has 576 valence electrons. The number of methoxy groups -OCH3 is 3. The number of hydrogen-bond acceptors (Lipinski definition) is 23. The van der Waals surface area contributed by atoms with Crippen LogP contribution in [0.15, 0.2) is 161 Å². The van der Waals surface area contributed by atoms with Crippen LogP contribution in [0, 0.1) is 64.3 Å². The predicted octanol–water partition coefficient (Wildman–Crippen LogP) is 14.8. The van der Waals surface area contributed by atoms with Crippen LogP contribution in [0.1, 0.15) is 89.0 Å². The first-order valence-electron chi connectivity index (χ1n) is 35.1. The van der Waals surface area contributed by atoms with Gasteiger partial charge >= 0.3 is 0 Å². The number of thioether (sulfide) groups is 3. The average molecular weight is 1570 g/mol. The third kappa shape index (κ3) is 23.6. The second kappa shape index (κ2) is 42.3. The number of carbonyl (C=O) groups is 5. The molecule has 6 aromatic carbocycles. The van der Waals surface area contributed by atoms with Crippen LogP contribution in [0.4, 0.5) is 34.1 Å². The van der Waals surface area contributed by atoms with Gasteiger partial charge in [-0.2, -0.15) is 15.8 Å². The predicted molar refractivity (Wildman–Crippen MR) is 430 cm³/mol. The Morgan fingerprint density at radius 2 is 0.670 bits per heavy atom. The van der Waals surface area contributed by atoms with Crippen molar-refractivity contribution in [3.63, 3.8) is 0 Å². The first-order valence-corrected chi connectivity index (χ1v) is 38.1. The van der Waals surface area contributed by atoms with Crippen molar-refractivity contribution in [3.05, 3.63) is 226 Å². The maximum absolute atomic E-state index is 12.6. The molecule has 0 spiro atoms. The van der Waals surface area contributed by atoms with Crippen molar-refractivity contribution in [2.45, 2.75) is 92.1 Å². The number of carbonyl (C=O) groups excluding carboxylic acids is 5. The number of aryl methyl sites for hydroxylation is 3. The second-order valence-electron chi connectivity index (χ2n) is 25.5. The average Bonchev–Trinajstić information content (AvgIpc) is 0.780. The Kier molecular flexibility index (Phi) is 32.0. The van der Waals surface area contributed by atoms with Gasteiger partial charge in [-0.1, -0.05) is 89.9 Å². The minimum Gasteiger partial charge on any atom is -0.497 e. The Labute approximate surface area is 659 Å². The van der Waals surface area contributed by atoms with Gasteiger partial charge in [-0.25, -0.2) is 15.0 Å². The quantitative estimate of drug-likeness (QED) is 0.0232. The molecule has 0 aliphatic heterocycles. The zero-order chi connectivity index (χ0) is 80.8. The number of nitrogens with zero attached hydrogens (tertiary/aromatic N) is 11. The van der Waals surface area contributed by atoms with Gasteiger partial charge in [0.25, 0.3) is 17.1 Å². The van der Waals surface area contributed by atoms with Crippen LogP contribution in [0.5, 0.6) is 17.2 Å². The molecular weight excluding hydrogens is 1490 g/mol. The van der Waals surface area contributed by atoms with E-state index < -0.39 is 14.8 Å². The fourth-order valence-corrected chi connectivity index (χ4v) is 14.5. The molecule has 12 rings (SSSR count). The molecule has 0 unspecified atom stereocenters. The molecule has 5 amide bonds. The van der Waals surface area contributed by atoms with Crippen LogP contribution in [-0.4, -0.2) is 137 Å². The van der Waals surface area contributed by atoms with E-state index in [1.165, 1.54) is 99.7 Å². The van der Waals surface area contributed by atoms with Gasteiger partial charge in [-0.05, 0) is 165 Å².